The van der Waals surface area contributed by atoms with Gasteiger partial charge in [-0.05, 0) is 103 Å². The first-order valence-corrected chi connectivity index (χ1v) is 31.4. The van der Waals surface area contributed by atoms with Gasteiger partial charge >= 0.3 is 0 Å². The van der Waals surface area contributed by atoms with Gasteiger partial charge in [0.1, 0.15) is 13.2 Å². The Labute approximate surface area is 456 Å². The molecule has 74 heavy (non-hydrogen) atoms. The molecule has 2 N–H and O–H groups in total. The van der Waals surface area contributed by atoms with Gasteiger partial charge in [0.25, 0.3) is 7.82 Å². The van der Waals surface area contributed by atoms with Crippen LogP contribution >= 0.6 is 7.82 Å². The molecular weight excluding hydrogens is 936 g/mol. The number of aliphatic hydroxyl groups excluding tert-OH is 1. The molecule has 0 aromatic heterocycles. The van der Waals surface area contributed by atoms with Gasteiger partial charge in [-0.2, -0.15) is 0 Å². The smallest absolute Gasteiger partial charge is 0.268 e. The highest BCUT2D eigenvalue weighted by Gasteiger charge is 2.23. The number of nitrogens with zero attached hydrogens (tertiary/aromatic N) is 1. The second-order valence-corrected chi connectivity index (χ2v) is 22.4. The molecule has 0 fully saturated rings. The van der Waals surface area contributed by atoms with E-state index in [1.165, 1.54) is 122 Å². The Balaban J connectivity index is 4.10. The lowest BCUT2D eigenvalue weighted by Gasteiger charge is -2.29. The van der Waals surface area contributed by atoms with Crippen molar-refractivity contribution < 1.29 is 32.9 Å². The van der Waals surface area contributed by atoms with E-state index in [4.69, 9.17) is 9.05 Å². The van der Waals surface area contributed by atoms with Crippen molar-refractivity contribution in [3.8, 4) is 0 Å². The lowest BCUT2D eigenvalue weighted by molar-refractivity contribution is -0.870. The molecule has 0 heterocycles. The number of aliphatic hydroxyl groups is 1. The Kier molecular flexibility index (Phi) is 52.4. The van der Waals surface area contributed by atoms with Crippen molar-refractivity contribution in [1.82, 2.24) is 5.32 Å². The minimum atomic E-state index is -4.61. The van der Waals surface area contributed by atoms with Gasteiger partial charge in [-0.3, -0.25) is 9.36 Å². The van der Waals surface area contributed by atoms with Crippen molar-refractivity contribution in [1.29, 1.82) is 0 Å². The van der Waals surface area contributed by atoms with Crippen LogP contribution in [0.4, 0.5) is 0 Å². The number of allylic oxidation sites excluding steroid dienone is 19. The van der Waals surface area contributed by atoms with Crippen LogP contribution in [0.1, 0.15) is 232 Å². The lowest BCUT2D eigenvalue weighted by Crippen LogP contribution is -2.45. The van der Waals surface area contributed by atoms with Crippen molar-refractivity contribution in [3.63, 3.8) is 0 Å². The first-order valence-electron chi connectivity index (χ1n) is 29.9. The molecule has 424 valence electrons. The van der Waals surface area contributed by atoms with Gasteiger partial charge in [0.2, 0.25) is 5.91 Å². The molecule has 8 nitrogen and oxygen atoms in total. The molecule has 0 radical (unpaired) electrons. The molecule has 0 rings (SSSR count). The van der Waals surface area contributed by atoms with Gasteiger partial charge in [0, 0.05) is 6.42 Å². The van der Waals surface area contributed by atoms with E-state index in [-0.39, 0.29) is 12.5 Å². The summed E-state index contributed by atoms with van der Waals surface area (Å²) in [5, 5.41) is 13.8. The summed E-state index contributed by atoms with van der Waals surface area (Å²) < 4.78 is 23.3. The monoisotopic (exact) mass is 1050 g/mol. The van der Waals surface area contributed by atoms with E-state index in [9.17, 15) is 19.4 Å². The number of likely N-dealkylation sites (N-methyl/N-ethyl adjacent to an activating group) is 1. The van der Waals surface area contributed by atoms with Crippen LogP contribution in [-0.4, -0.2) is 68.5 Å². The van der Waals surface area contributed by atoms with Crippen molar-refractivity contribution in [3.05, 3.63) is 122 Å². The standard InChI is InChI=1S/C65H113N2O6P/c1-6-8-10-12-14-16-18-20-22-23-24-25-26-27-28-29-30-31-32-33-34-35-36-37-38-39-40-41-42-43-45-47-49-51-53-55-57-59-65(69)66-63(62-73-74(70,71)72-61-60-67(3,4)5)64(68)58-56-54-52-50-48-46-44-21-19-17-15-13-11-9-7-2/h8,10,14,16,19-22,24-25,27-28,30-31,33-34,48,50,56,58,63-64,68H,6-7,9,11-13,15,17-18,23,26,29,32,35-47,49,51-55,57,59-62H2,1-5H3,(H-,66,69,70,71)/b10-8-,16-14-,21-19+,22-20-,25-24-,28-27-,31-30-,34-33-,50-48+,58-56+. The number of phosphoric acid groups is 1. The third kappa shape index (κ3) is 56.6. The van der Waals surface area contributed by atoms with E-state index in [1.807, 2.05) is 27.2 Å². The molecule has 0 aromatic carbocycles. The molecule has 0 bridgehead atoms. The number of rotatable bonds is 53. The Morgan fingerprint density at radius 1 is 0.486 bits per heavy atom. The largest absolute Gasteiger partial charge is 0.756 e. The van der Waals surface area contributed by atoms with Gasteiger partial charge in [-0.25, -0.2) is 0 Å². The highest BCUT2D eigenvalue weighted by Crippen LogP contribution is 2.38. The molecule has 3 atom stereocenters. The van der Waals surface area contributed by atoms with Gasteiger partial charge in [0.15, 0.2) is 0 Å². The molecule has 0 aliphatic rings. The van der Waals surface area contributed by atoms with E-state index in [0.717, 1.165) is 89.9 Å². The summed E-state index contributed by atoms with van der Waals surface area (Å²) in [6, 6.07) is -0.916. The number of nitrogens with one attached hydrogen (secondary N) is 1. The van der Waals surface area contributed by atoms with Crippen molar-refractivity contribution in [2.24, 2.45) is 0 Å². The zero-order valence-corrected chi connectivity index (χ0v) is 49.1. The van der Waals surface area contributed by atoms with Crippen LogP contribution in [0.3, 0.4) is 0 Å². The predicted octanol–water partition coefficient (Wildman–Crippen LogP) is 17.9. The van der Waals surface area contributed by atoms with E-state index in [0.29, 0.717) is 17.4 Å². The van der Waals surface area contributed by atoms with Gasteiger partial charge < -0.3 is 28.8 Å². The zero-order chi connectivity index (χ0) is 54.2. The molecule has 0 spiro atoms. The first-order chi connectivity index (χ1) is 36.0. The van der Waals surface area contributed by atoms with Crippen molar-refractivity contribution in [2.75, 3.05) is 40.9 Å². The Morgan fingerprint density at radius 2 is 0.838 bits per heavy atom. The normalized spacial score (nSPS) is 14.7. The number of hydrogen-bond donors (Lipinski definition) is 2. The minimum Gasteiger partial charge on any atom is -0.756 e. The maximum absolute atomic E-state index is 13.0. The topological polar surface area (TPSA) is 108 Å². The van der Waals surface area contributed by atoms with E-state index < -0.39 is 26.6 Å². The van der Waals surface area contributed by atoms with Gasteiger partial charge in [-0.1, -0.05) is 245 Å². The van der Waals surface area contributed by atoms with E-state index in [1.54, 1.807) is 6.08 Å². The second kappa shape index (κ2) is 54.7. The average molecular weight is 1050 g/mol. The van der Waals surface area contributed by atoms with Crippen LogP contribution in [0.25, 0.3) is 0 Å². The van der Waals surface area contributed by atoms with Crippen LogP contribution in [0.15, 0.2) is 122 Å². The molecule has 1 amide bonds. The van der Waals surface area contributed by atoms with Crippen LogP contribution in [0.2, 0.25) is 0 Å². The maximum atomic E-state index is 13.0. The number of quaternary nitrogens is 1. The molecule has 0 saturated heterocycles. The SMILES string of the molecule is CC/C=C\C/C=C\C/C=C\C/C=C\C/C=C\C/C=C\C/C=C\CCCCCCCCCCCCCCCCCC(=O)NC(COP(=O)([O-])OCC[N+](C)(C)C)C(O)/C=C/CC/C=C/CC/C=C/CCCCCCC. The molecule has 0 aliphatic carbocycles. The molecular formula is C65H113N2O6P. The Hall–Kier alpha value is -3.10. The van der Waals surface area contributed by atoms with Gasteiger partial charge in [0.05, 0.1) is 39.9 Å². The minimum absolute atomic E-state index is 0.0136. The fourth-order valence-electron chi connectivity index (χ4n) is 7.99. The predicted molar refractivity (Wildman–Crippen MR) is 320 cm³/mol. The summed E-state index contributed by atoms with van der Waals surface area (Å²) in [4.78, 5) is 25.5. The van der Waals surface area contributed by atoms with Crippen LogP contribution in [0.5, 0.6) is 0 Å². The van der Waals surface area contributed by atoms with Crippen molar-refractivity contribution >= 4 is 13.7 Å². The number of carbonyl (C=O) groups excluding carboxylic acids is 1. The number of amides is 1. The summed E-state index contributed by atoms with van der Waals surface area (Å²) >= 11 is 0. The molecule has 9 heteroatoms. The fraction of sp³-hybridized carbons (Fsp3) is 0.677. The van der Waals surface area contributed by atoms with Crippen LogP contribution in [-0.2, 0) is 18.4 Å². The highest BCUT2D eigenvalue weighted by molar-refractivity contribution is 7.45. The van der Waals surface area contributed by atoms with Gasteiger partial charge in [-0.15, -0.1) is 0 Å². The lowest BCUT2D eigenvalue weighted by atomic mass is 10.0. The van der Waals surface area contributed by atoms with Crippen LogP contribution in [0, 0.1) is 0 Å². The van der Waals surface area contributed by atoms with Crippen LogP contribution < -0.4 is 10.2 Å². The third-order valence-electron chi connectivity index (χ3n) is 12.6. The zero-order valence-electron chi connectivity index (χ0n) is 48.2. The summed E-state index contributed by atoms with van der Waals surface area (Å²) in [7, 11) is 1.22. The van der Waals surface area contributed by atoms with E-state index in [2.05, 4.69) is 129 Å². The quantitative estimate of drug-likeness (QED) is 0.0272. The number of hydrogen-bond acceptors (Lipinski definition) is 6. The van der Waals surface area contributed by atoms with E-state index >= 15 is 0 Å². The highest BCUT2D eigenvalue weighted by atomic mass is 31.2. The third-order valence-corrected chi connectivity index (χ3v) is 13.6. The number of phosphoric ester groups is 1. The maximum Gasteiger partial charge on any atom is 0.268 e. The molecule has 0 aromatic rings. The first kappa shape index (κ1) is 70.9. The molecule has 0 aliphatic heterocycles. The summed E-state index contributed by atoms with van der Waals surface area (Å²) in [6.45, 7) is 4.48. The Morgan fingerprint density at radius 3 is 1.26 bits per heavy atom. The number of unbranched alkanes of at least 4 members (excludes halogenated alkanes) is 22. The summed E-state index contributed by atoms with van der Waals surface area (Å²) in [6.07, 6.45) is 81.5. The summed E-state index contributed by atoms with van der Waals surface area (Å²) in [5.74, 6) is -0.216. The Bertz CT molecular complexity index is 1620. The second-order valence-electron chi connectivity index (χ2n) is 20.9. The van der Waals surface area contributed by atoms with Crippen molar-refractivity contribution in [2.45, 2.75) is 244 Å². The molecule has 0 saturated carbocycles. The molecule has 3 unspecified atom stereocenters. The average Bonchev–Trinajstić information content (AvgIpc) is 3.36. The summed E-state index contributed by atoms with van der Waals surface area (Å²) in [5.41, 5.74) is 0. The number of carbonyl (C=O) groups is 1. The fourth-order valence-corrected chi connectivity index (χ4v) is 8.71.